The van der Waals surface area contributed by atoms with Crippen LogP contribution in [0.2, 0.25) is 0 Å². The van der Waals surface area contributed by atoms with Crippen LogP contribution in [-0.4, -0.2) is 24.0 Å². The Labute approximate surface area is 44.3 Å². The first-order valence-electron chi connectivity index (χ1n) is 3.04. The summed E-state index contributed by atoms with van der Waals surface area (Å²) in [7, 11) is 0. The molecule has 2 rings (SSSR count). The van der Waals surface area contributed by atoms with E-state index in [1.165, 1.54) is 25.9 Å². The van der Waals surface area contributed by atoms with Crippen molar-refractivity contribution in [1.82, 2.24) is 4.90 Å². The Hall–Kier alpha value is -0.0400. The Kier molecular flexibility index (Phi) is 0.680. The average Bonchev–Trinajstić information content (AvgIpc) is 2.10. The minimum Gasteiger partial charge on any atom is -0.300 e. The molecule has 0 unspecified atom stereocenters. The molecular weight excluding hydrogens is 86.1 g/mol. The van der Waals surface area contributed by atoms with Gasteiger partial charge in [0.2, 0.25) is 0 Å². The molecule has 0 aromatic heterocycles. The molecule has 1 aliphatic heterocycles. The predicted octanol–water partition coefficient (Wildman–Crippen LogP) is 0.669. The minimum absolute atomic E-state index is 0.911. The first kappa shape index (κ1) is 3.90. The zero-order valence-corrected chi connectivity index (χ0v) is 4.43. The summed E-state index contributed by atoms with van der Waals surface area (Å²) in [6.45, 7) is 2.72. The summed E-state index contributed by atoms with van der Waals surface area (Å²) in [6, 6.07) is 0.911. The van der Waals surface area contributed by atoms with Gasteiger partial charge in [-0.3, -0.25) is 4.90 Å². The molecule has 1 heterocycles. The van der Waals surface area contributed by atoms with Gasteiger partial charge in [-0.1, -0.05) is 0 Å². The average molecular weight is 96.2 g/mol. The smallest absolute Gasteiger partial charge is 0.0131 e. The molecular formula is C6H10N. The lowest BCUT2D eigenvalue weighted by Crippen LogP contribution is -2.38. The largest absolute Gasteiger partial charge is 0.300 e. The molecule has 0 bridgehead atoms. The van der Waals surface area contributed by atoms with Crippen LogP contribution in [0.1, 0.15) is 12.8 Å². The van der Waals surface area contributed by atoms with Crippen molar-refractivity contribution in [3.8, 4) is 0 Å². The quantitative estimate of drug-likeness (QED) is 0.463. The van der Waals surface area contributed by atoms with E-state index in [1.54, 1.807) is 0 Å². The van der Waals surface area contributed by atoms with Gasteiger partial charge >= 0.3 is 0 Å². The van der Waals surface area contributed by atoms with E-state index >= 15 is 0 Å². The van der Waals surface area contributed by atoms with E-state index in [4.69, 9.17) is 0 Å². The second-order valence-electron chi connectivity index (χ2n) is 2.43. The van der Waals surface area contributed by atoms with Crippen LogP contribution in [0.15, 0.2) is 0 Å². The van der Waals surface area contributed by atoms with Gasteiger partial charge in [0.15, 0.2) is 0 Å². The van der Waals surface area contributed by atoms with Gasteiger partial charge in [0.1, 0.15) is 0 Å². The van der Waals surface area contributed by atoms with Crippen molar-refractivity contribution < 1.29 is 0 Å². The second kappa shape index (κ2) is 1.22. The number of nitrogens with zero attached hydrogens (tertiary/aromatic N) is 1. The molecule has 1 aliphatic carbocycles. The van der Waals surface area contributed by atoms with E-state index in [0.29, 0.717) is 0 Å². The molecule has 2 aliphatic rings. The Morgan fingerprint density at radius 1 is 1.43 bits per heavy atom. The third-order valence-electron chi connectivity index (χ3n) is 1.81. The molecule has 1 heteroatoms. The number of rotatable bonds is 1. The lowest BCUT2D eigenvalue weighted by molar-refractivity contribution is 0.177. The fourth-order valence-corrected chi connectivity index (χ4v) is 1.03. The molecule has 1 nitrogen and oxygen atoms in total. The van der Waals surface area contributed by atoms with Gasteiger partial charge in [-0.15, -0.1) is 0 Å². The third kappa shape index (κ3) is 0.556. The van der Waals surface area contributed by atoms with Crippen LogP contribution in [0.4, 0.5) is 0 Å². The number of likely N-dealkylation sites (tertiary alicyclic amines) is 1. The van der Waals surface area contributed by atoms with Gasteiger partial charge in [-0.2, -0.15) is 0 Å². The first-order valence-corrected chi connectivity index (χ1v) is 3.04. The third-order valence-corrected chi connectivity index (χ3v) is 1.81. The maximum absolute atomic E-state index is 2.53. The summed E-state index contributed by atoms with van der Waals surface area (Å²) in [5.74, 6) is 0. The zero-order chi connectivity index (χ0) is 4.69. The van der Waals surface area contributed by atoms with Crippen LogP contribution in [0, 0.1) is 6.42 Å². The predicted molar refractivity (Wildman–Crippen MR) is 28.9 cm³/mol. The van der Waals surface area contributed by atoms with Crippen LogP contribution in [0.25, 0.3) is 0 Å². The normalized spacial score (nSPS) is 32.6. The highest BCUT2D eigenvalue weighted by molar-refractivity contribution is 5.04. The fourth-order valence-electron chi connectivity index (χ4n) is 1.03. The Balaban J connectivity index is 1.83. The SMILES string of the molecule is [CH]1C[C@@H]1N1CCC1. The lowest BCUT2D eigenvalue weighted by atomic mass is 10.2. The summed E-state index contributed by atoms with van der Waals surface area (Å²) >= 11 is 0. The van der Waals surface area contributed by atoms with Crippen molar-refractivity contribution in [3.63, 3.8) is 0 Å². The van der Waals surface area contributed by atoms with Crippen molar-refractivity contribution in [3.05, 3.63) is 6.42 Å². The Morgan fingerprint density at radius 2 is 2.14 bits per heavy atom. The van der Waals surface area contributed by atoms with Gasteiger partial charge in [0.25, 0.3) is 0 Å². The van der Waals surface area contributed by atoms with Gasteiger partial charge < -0.3 is 0 Å². The van der Waals surface area contributed by atoms with Crippen LogP contribution in [0.5, 0.6) is 0 Å². The minimum atomic E-state index is 0.911. The first-order chi connectivity index (χ1) is 3.47. The maximum atomic E-state index is 2.53. The van der Waals surface area contributed by atoms with Crippen LogP contribution < -0.4 is 0 Å². The topological polar surface area (TPSA) is 3.24 Å². The van der Waals surface area contributed by atoms with Crippen LogP contribution >= 0.6 is 0 Å². The van der Waals surface area contributed by atoms with E-state index < -0.39 is 0 Å². The monoisotopic (exact) mass is 96.1 g/mol. The Bertz CT molecular complexity index is 72.2. The van der Waals surface area contributed by atoms with E-state index in [2.05, 4.69) is 11.3 Å². The summed E-state index contributed by atoms with van der Waals surface area (Å²) in [5, 5.41) is 0. The number of hydrogen-bond acceptors (Lipinski definition) is 1. The molecule has 1 radical (unpaired) electrons. The molecule has 1 saturated heterocycles. The Morgan fingerprint density at radius 3 is 2.29 bits per heavy atom. The molecule has 0 aromatic carbocycles. The summed E-state index contributed by atoms with van der Waals surface area (Å²) < 4.78 is 0. The molecule has 0 N–H and O–H groups in total. The van der Waals surface area contributed by atoms with Gasteiger partial charge in [-0.25, -0.2) is 0 Å². The van der Waals surface area contributed by atoms with E-state index in [-0.39, 0.29) is 0 Å². The van der Waals surface area contributed by atoms with Crippen molar-refractivity contribution in [2.24, 2.45) is 0 Å². The van der Waals surface area contributed by atoms with Gasteiger partial charge in [0, 0.05) is 6.04 Å². The van der Waals surface area contributed by atoms with Crippen molar-refractivity contribution in [1.29, 1.82) is 0 Å². The van der Waals surface area contributed by atoms with Gasteiger partial charge in [0.05, 0.1) is 0 Å². The summed E-state index contributed by atoms with van der Waals surface area (Å²) in [5.41, 5.74) is 0. The molecule has 7 heavy (non-hydrogen) atoms. The molecule has 0 aromatic rings. The summed E-state index contributed by atoms with van der Waals surface area (Å²) in [6.07, 6.45) is 5.17. The van der Waals surface area contributed by atoms with Crippen molar-refractivity contribution in [2.75, 3.05) is 13.1 Å². The second-order valence-corrected chi connectivity index (χ2v) is 2.43. The highest BCUT2D eigenvalue weighted by Crippen LogP contribution is 2.28. The molecule has 0 amide bonds. The van der Waals surface area contributed by atoms with Gasteiger partial charge in [-0.05, 0) is 32.4 Å². The standard InChI is InChI=1S/C6H10N/c1-4-7(5-1)6-2-3-6/h2,6H,1,3-5H2/t6-/m1/s1. The van der Waals surface area contributed by atoms with E-state index in [1.807, 2.05) is 0 Å². The highest BCUT2D eigenvalue weighted by atomic mass is 15.2. The van der Waals surface area contributed by atoms with Crippen molar-refractivity contribution >= 4 is 0 Å². The molecule has 39 valence electrons. The molecule has 2 fully saturated rings. The molecule has 0 spiro atoms. The van der Waals surface area contributed by atoms with Crippen LogP contribution in [0.3, 0.4) is 0 Å². The summed E-state index contributed by atoms with van der Waals surface area (Å²) in [4.78, 5) is 2.53. The zero-order valence-electron chi connectivity index (χ0n) is 4.43. The van der Waals surface area contributed by atoms with E-state index in [0.717, 1.165) is 6.04 Å². The van der Waals surface area contributed by atoms with E-state index in [9.17, 15) is 0 Å². The molecule has 1 atom stereocenters. The van der Waals surface area contributed by atoms with Crippen molar-refractivity contribution in [2.45, 2.75) is 18.9 Å². The molecule has 1 saturated carbocycles. The van der Waals surface area contributed by atoms with Crippen LogP contribution in [-0.2, 0) is 0 Å². The number of hydrogen-bond donors (Lipinski definition) is 0. The lowest BCUT2D eigenvalue weighted by Gasteiger charge is -2.30. The maximum Gasteiger partial charge on any atom is 0.0131 e. The fraction of sp³-hybridized carbons (Fsp3) is 0.833. The highest BCUT2D eigenvalue weighted by Gasteiger charge is 2.32.